The molecule has 0 bridgehead atoms. The minimum Gasteiger partial charge on any atom is -0.480 e. The van der Waals surface area contributed by atoms with Crippen LogP contribution in [0.4, 0.5) is 10.5 Å². The minimum absolute atomic E-state index is 0.193. The number of carboxylic acids is 1. The number of halogens is 1. The first-order valence-corrected chi connectivity index (χ1v) is 7.03. The average molecular weight is 376 g/mol. The molecular weight excluding hydrogens is 359 g/mol. The predicted octanol–water partition coefficient (Wildman–Crippen LogP) is 2.91. The summed E-state index contributed by atoms with van der Waals surface area (Å²) in [4.78, 5) is 22.8. The summed E-state index contributed by atoms with van der Waals surface area (Å²) in [5.74, 6) is -0.829. The first-order valence-electron chi connectivity index (χ1n) is 5.95. The molecule has 0 aliphatic carbocycles. The molecule has 1 aromatic rings. The Labute approximate surface area is 125 Å². The molecule has 104 valence electrons. The molecule has 6 heteroatoms. The molecule has 0 heterocycles. The zero-order valence-corrected chi connectivity index (χ0v) is 13.0. The lowest BCUT2D eigenvalue weighted by molar-refractivity contribution is -0.139. The van der Waals surface area contributed by atoms with Crippen LogP contribution in [-0.2, 0) is 4.79 Å². The number of hydrogen-bond acceptors (Lipinski definition) is 2. The van der Waals surface area contributed by atoms with Crippen LogP contribution in [0.1, 0.15) is 20.3 Å². The van der Waals surface area contributed by atoms with Gasteiger partial charge in [-0.3, -0.25) is 0 Å². The minimum atomic E-state index is -1.02. The highest BCUT2D eigenvalue weighted by molar-refractivity contribution is 14.1. The van der Waals surface area contributed by atoms with Crippen molar-refractivity contribution < 1.29 is 14.7 Å². The molecule has 0 fully saturated rings. The van der Waals surface area contributed by atoms with E-state index in [2.05, 4.69) is 33.2 Å². The number of rotatable bonds is 5. The second kappa shape index (κ2) is 7.32. The Kier molecular flexibility index (Phi) is 6.07. The highest BCUT2D eigenvalue weighted by Gasteiger charge is 2.21. The Morgan fingerprint density at radius 3 is 2.47 bits per heavy atom. The van der Waals surface area contributed by atoms with Crippen molar-refractivity contribution in [3.8, 4) is 0 Å². The van der Waals surface area contributed by atoms with Gasteiger partial charge in [0.25, 0.3) is 0 Å². The van der Waals surface area contributed by atoms with E-state index < -0.39 is 18.0 Å². The van der Waals surface area contributed by atoms with E-state index in [-0.39, 0.29) is 5.92 Å². The molecule has 1 atom stereocenters. The van der Waals surface area contributed by atoms with Gasteiger partial charge < -0.3 is 15.7 Å². The van der Waals surface area contributed by atoms with Crippen molar-refractivity contribution in [3.63, 3.8) is 0 Å². The van der Waals surface area contributed by atoms with E-state index in [9.17, 15) is 9.59 Å². The zero-order chi connectivity index (χ0) is 14.4. The molecule has 0 saturated heterocycles. The molecule has 0 radical (unpaired) electrons. The van der Waals surface area contributed by atoms with Gasteiger partial charge in [-0.05, 0) is 47.1 Å². The monoisotopic (exact) mass is 376 g/mol. The lowest BCUT2D eigenvalue weighted by Gasteiger charge is -2.17. The molecule has 0 aromatic heterocycles. The smallest absolute Gasteiger partial charge is 0.326 e. The molecule has 3 N–H and O–H groups in total. The van der Waals surface area contributed by atoms with Gasteiger partial charge in [-0.2, -0.15) is 0 Å². The Bertz CT molecular complexity index is 463. The first-order chi connectivity index (χ1) is 8.90. The molecule has 5 nitrogen and oxygen atoms in total. The summed E-state index contributed by atoms with van der Waals surface area (Å²) in [5, 5.41) is 14.2. The van der Waals surface area contributed by atoms with Crippen LogP contribution in [0, 0.1) is 9.49 Å². The zero-order valence-electron chi connectivity index (χ0n) is 10.8. The van der Waals surface area contributed by atoms with Crippen LogP contribution in [0.5, 0.6) is 0 Å². The van der Waals surface area contributed by atoms with Crippen molar-refractivity contribution in [3.05, 3.63) is 27.8 Å². The number of nitrogens with one attached hydrogen (secondary N) is 2. The predicted molar refractivity (Wildman–Crippen MR) is 82.2 cm³/mol. The number of para-hydroxylation sites is 1. The van der Waals surface area contributed by atoms with E-state index in [1.165, 1.54) is 0 Å². The molecule has 1 aromatic carbocycles. The van der Waals surface area contributed by atoms with Gasteiger partial charge in [0.2, 0.25) is 0 Å². The van der Waals surface area contributed by atoms with Gasteiger partial charge in [0.05, 0.1) is 5.69 Å². The number of aliphatic carboxylic acids is 1. The number of anilines is 1. The van der Waals surface area contributed by atoms with Crippen LogP contribution in [0.25, 0.3) is 0 Å². The van der Waals surface area contributed by atoms with Gasteiger partial charge in [-0.1, -0.05) is 26.0 Å². The number of carbonyl (C=O) groups excluding carboxylic acids is 1. The first kappa shape index (κ1) is 15.7. The van der Waals surface area contributed by atoms with Gasteiger partial charge in [0, 0.05) is 3.57 Å². The molecule has 0 saturated carbocycles. The van der Waals surface area contributed by atoms with Crippen molar-refractivity contribution in [2.24, 2.45) is 5.92 Å². The number of carbonyl (C=O) groups is 2. The lowest BCUT2D eigenvalue weighted by Crippen LogP contribution is -2.43. The third-order valence-corrected chi connectivity index (χ3v) is 3.37. The van der Waals surface area contributed by atoms with Gasteiger partial charge in [-0.15, -0.1) is 0 Å². The third-order valence-electron chi connectivity index (χ3n) is 2.43. The normalized spacial score (nSPS) is 12.0. The second-order valence-corrected chi connectivity index (χ2v) is 5.76. The van der Waals surface area contributed by atoms with Crippen LogP contribution in [0.2, 0.25) is 0 Å². The molecular formula is C13H17IN2O3. The molecule has 0 aliphatic heterocycles. The fraction of sp³-hybridized carbons (Fsp3) is 0.385. The Morgan fingerprint density at radius 2 is 1.95 bits per heavy atom. The van der Waals surface area contributed by atoms with Crippen molar-refractivity contribution in [2.45, 2.75) is 26.3 Å². The van der Waals surface area contributed by atoms with Crippen LogP contribution in [0.15, 0.2) is 24.3 Å². The molecule has 0 unspecified atom stereocenters. The highest BCUT2D eigenvalue weighted by atomic mass is 127. The fourth-order valence-electron chi connectivity index (χ4n) is 1.57. The summed E-state index contributed by atoms with van der Waals surface area (Å²) in [7, 11) is 0. The standard InChI is InChI=1S/C13H17IN2O3/c1-8(2)7-11(12(17)18)16-13(19)15-10-6-4-3-5-9(10)14/h3-6,8,11H,7H2,1-2H3,(H,17,18)(H2,15,16,19)/t11-/m0/s1. The number of carboxylic acid groups (broad SMARTS) is 1. The molecule has 2 amide bonds. The van der Waals surface area contributed by atoms with Gasteiger partial charge in [0.15, 0.2) is 0 Å². The molecule has 0 aliphatic rings. The van der Waals surface area contributed by atoms with Gasteiger partial charge >= 0.3 is 12.0 Å². The number of urea groups is 1. The summed E-state index contributed by atoms with van der Waals surface area (Å²) in [5.41, 5.74) is 0.661. The summed E-state index contributed by atoms with van der Waals surface area (Å²) in [6.07, 6.45) is 0.397. The Hall–Kier alpha value is -1.31. The topological polar surface area (TPSA) is 78.4 Å². The van der Waals surface area contributed by atoms with E-state index in [0.717, 1.165) is 3.57 Å². The van der Waals surface area contributed by atoms with Gasteiger partial charge in [-0.25, -0.2) is 9.59 Å². The summed E-state index contributed by atoms with van der Waals surface area (Å²) >= 11 is 2.10. The van der Waals surface area contributed by atoms with Crippen LogP contribution in [-0.4, -0.2) is 23.1 Å². The van der Waals surface area contributed by atoms with E-state index in [0.29, 0.717) is 12.1 Å². The fourth-order valence-corrected chi connectivity index (χ4v) is 2.09. The summed E-state index contributed by atoms with van der Waals surface area (Å²) in [6.45, 7) is 3.82. The van der Waals surface area contributed by atoms with Crippen molar-refractivity contribution in [1.29, 1.82) is 0 Å². The number of benzene rings is 1. The average Bonchev–Trinajstić information content (AvgIpc) is 2.30. The van der Waals surface area contributed by atoms with Crippen molar-refractivity contribution in [2.75, 3.05) is 5.32 Å². The van der Waals surface area contributed by atoms with E-state index in [1.807, 2.05) is 26.0 Å². The lowest BCUT2D eigenvalue weighted by atomic mass is 10.0. The Balaban J connectivity index is 2.63. The second-order valence-electron chi connectivity index (χ2n) is 4.60. The molecule has 1 rings (SSSR count). The molecule has 19 heavy (non-hydrogen) atoms. The van der Waals surface area contributed by atoms with E-state index in [1.54, 1.807) is 12.1 Å². The molecule has 0 spiro atoms. The van der Waals surface area contributed by atoms with E-state index >= 15 is 0 Å². The largest absolute Gasteiger partial charge is 0.480 e. The van der Waals surface area contributed by atoms with Gasteiger partial charge in [0.1, 0.15) is 6.04 Å². The third kappa shape index (κ3) is 5.46. The Morgan fingerprint density at radius 1 is 1.32 bits per heavy atom. The van der Waals surface area contributed by atoms with E-state index in [4.69, 9.17) is 5.11 Å². The van der Waals surface area contributed by atoms with Crippen LogP contribution < -0.4 is 10.6 Å². The maximum atomic E-state index is 11.8. The van der Waals surface area contributed by atoms with Crippen LogP contribution >= 0.6 is 22.6 Å². The highest BCUT2D eigenvalue weighted by Crippen LogP contribution is 2.16. The maximum Gasteiger partial charge on any atom is 0.326 e. The number of amides is 2. The van der Waals surface area contributed by atoms with Crippen molar-refractivity contribution >= 4 is 40.3 Å². The summed E-state index contributed by atoms with van der Waals surface area (Å²) in [6, 6.07) is 5.92. The van der Waals surface area contributed by atoms with Crippen LogP contribution in [0.3, 0.4) is 0 Å². The van der Waals surface area contributed by atoms with Crippen molar-refractivity contribution in [1.82, 2.24) is 5.32 Å². The summed E-state index contributed by atoms with van der Waals surface area (Å²) < 4.78 is 0.894. The SMILES string of the molecule is CC(C)C[C@H](NC(=O)Nc1ccccc1I)C(=O)O. The quantitative estimate of drug-likeness (QED) is 0.692. The maximum absolute atomic E-state index is 11.8. The number of hydrogen-bond donors (Lipinski definition) is 3.